The number of nitrogens with zero attached hydrogens (tertiary/aromatic N) is 4. The van der Waals surface area contributed by atoms with E-state index in [2.05, 4.69) is 19.6 Å². The summed E-state index contributed by atoms with van der Waals surface area (Å²) >= 11 is 0. The van der Waals surface area contributed by atoms with Gasteiger partial charge in [0.05, 0.1) is 19.5 Å². The zero-order valence-electron chi connectivity index (χ0n) is 14.8. The molecule has 24 heavy (non-hydrogen) atoms. The number of esters is 1. The van der Waals surface area contributed by atoms with Crippen molar-refractivity contribution in [3.63, 3.8) is 0 Å². The Balaban J connectivity index is 2.01. The van der Waals surface area contributed by atoms with Gasteiger partial charge in [0.1, 0.15) is 11.4 Å². The number of carbonyl (C=O) groups is 2. The Morgan fingerprint density at radius 3 is 2.42 bits per heavy atom. The summed E-state index contributed by atoms with van der Waals surface area (Å²) in [6.07, 6.45) is 2.64. The number of carbonyl (C=O) groups excluding carboxylic acids is 2. The van der Waals surface area contributed by atoms with Crippen LogP contribution in [-0.4, -0.2) is 65.3 Å². The highest BCUT2D eigenvalue weighted by Gasteiger charge is 2.30. The van der Waals surface area contributed by atoms with Gasteiger partial charge >= 0.3 is 12.1 Å². The van der Waals surface area contributed by atoms with Crippen molar-refractivity contribution < 1.29 is 19.1 Å². The maximum absolute atomic E-state index is 12.2. The van der Waals surface area contributed by atoms with Crippen LogP contribution in [0, 0.1) is 0 Å². The summed E-state index contributed by atoms with van der Waals surface area (Å²) in [7, 11) is 1.30. The van der Waals surface area contributed by atoms with Crippen molar-refractivity contribution in [2.45, 2.75) is 39.3 Å². The van der Waals surface area contributed by atoms with E-state index in [1.165, 1.54) is 13.3 Å². The number of amides is 1. The van der Waals surface area contributed by atoms with Gasteiger partial charge in [-0.3, -0.25) is 0 Å². The first-order valence-corrected chi connectivity index (χ1v) is 7.86. The monoisotopic (exact) mass is 336 g/mol. The topological polar surface area (TPSA) is 84.9 Å². The average molecular weight is 336 g/mol. The van der Waals surface area contributed by atoms with Crippen molar-refractivity contribution in [1.82, 2.24) is 14.9 Å². The molecule has 0 saturated carbocycles. The predicted molar refractivity (Wildman–Crippen MR) is 88.0 cm³/mol. The normalized spacial score (nSPS) is 18.3. The van der Waals surface area contributed by atoms with Crippen LogP contribution in [0.3, 0.4) is 0 Å². The number of hydrogen-bond donors (Lipinski definition) is 0. The Bertz CT molecular complexity index is 597. The van der Waals surface area contributed by atoms with Crippen LogP contribution in [0.15, 0.2) is 12.4 Å². The Labute approximate surface area is 141 Å². The highest BCUT2D eigenvalue weighted by atomic mass is 16.6. The largest absolute Gasteiger partial charge is 0.464 e. The number of anilines is 1. The molecule has 2 rings (SSSR count). The minimum atomic E-state index is -0.517. The van der Waals surface area contributed by atoms with E-state index < -0.39 is 11.6 Å². The second kappa shape index (κ2) is 7.02. The van der Waals surface area contributed by atoms with Gasteiger partial charge in [0.2, 0.25) is 0 Å². The van der Waals surface area contributed by atoms with E-state index >= 15 is 0 Å². The van der Waals surface area contributed by atoms with E-state index in [1.807, 2.05) is 27.7 Å². The van der Waals surface area contributed by atoms with Crippen molar-refractivity contribution in [2.75, 3.05) is 31.6 Å². The zero-order chi connectivity index (χ0) is 17.9. The molecule has 0 N–H and O–H groups in total. The third-order valence-electron chi connectivity index (χ3n) is 3.61. The lowest BCUT2D eigenvalue weighted by Crippen LogP contribution is -2.54. The third kappa shape index (κ3) is 4.33. The van der Waals surface area contributed by atoms with Crippen LogP contribution in [0.4, 0.5) is 10.6 Å². The maximum Gasteiger partial charge on any atom is 0.410 e. The molecule has 0 aromatic carbocycles. The average Bonchev–Trinajstić information content (AvgIpc) is 2.52. The van der Waals surface area contributed by atoms with Gasteiger partial charge < -0.3 is 19.3 Å². The van der Waals surface area contributed by atoms with Crippen molar-refractivity contribution in [1.29, 1.82) is 0 Å². The summed E-state index contributed by atoms with van der Waals surface area (Å²) in [4.78, 5) is 35.7. The highest BCUT2D eigenvalue weighted by molar-refractivity contribution is 5.86. The fourth-order valence-electron chi connectivity index (χ4n) is 2.47. The summed E-state index contributed by atoms with van der Waals surface area (Å²) < 4.78 is 10.0. The number of hydrogen-bond acceptors (Lipinski definition) is 7. The standard InChI is InChI=1S/C16H24N4O4/c1-11-10-19(15(22)24-16(2,3)4)6-7-20(11)13-9-17-12(8-18-13)14(21)23-5/h8-9,11H,6-7,10H2,1-5H3/t11-/m1/s1. The fraction of sp³-hybridized carbons (Fsp3) is 0.625. The molecule has 8 nitrogen and oxygen atoms in total. The van der Waals surface area contributed by atoms with Crippen LogP contribution in [0.25, 0.3) is 0 Å². The maximum atomic E-state index is 12.2. The summed E-state index contributed by atoms with van der Waals surface area (Å²) in [5.41, 5.74) is -0.339. The molecule has 1 amide bonds. The smallest absolute Gasteiger partial charge is 0.410 e. The molecule has 1 aromatic heterocycles. The lowest BCUT2D eigenvalue weighted by molar-refractivity contribution is 0.0218. The van der Waals surface area contributed by atoms with E-state index in [-0.39, 0.29) is 17.8 Å². The van der Waals surface area contributed by atoms with Crippen molar-refractivity contribution in [3.8, 4) is 0 Å². The molecule has 1 aromatic rings. The molecule has 2 heterocycles. The second-order valence-corrected chi connectivity index (χ2v) is 6.72. The first kappa shape index (κ1) is 18.0. The molecule has 0 bridgehead atoms. The van der Waals surface area contributed by atoms with Crippen LogP contribution in [-0.2, 0) is 9.47 Å². The first-order valence-electron chi connectivity index (χ1n) is 7.86. The van der Waals surface area contributed by atoms with Gasteiger partial charge in [-0.05, 0) is 27.7 Å². The van der Waals surface area contributed by atoms with Crippen molar-refractivity contribution in [3.05, 3.63) is 18.1 Å². The first-order chi connectivity index (χ1) is 11.2. The van der Waals surface area contributed by atoms with Crippen LogP contribution in [0.1, 0.15) is 38.2 Å². The summed E-state index contributed by atoms with van der Waals surface area (Å²) in [6.45, 7) is 9.25. The van der Waals surface area contributed by atoms with Crippen LogP contribution >= 0.6 is 0 Å². The fourth-order valence-corrected chi connectivity index (χ4v) is 2.47. The van der Waals surface area contributed by atoms with Gasteiger partial charge in [0.15, 0.2) is 5.69 Å². The minimum absolute atomic E-state index is 0.0598. The molecule has 0 unspecified atom stereocenters. The molecular weight excluding hydrogens is 312 g/mol. The van der Waals surface area contributed by atoms with Gasteiger partial charge in [0, 0.05) is 25.7 Å². The number of aromatic nitrogens is 2. The predicted octanol–water partition coefficient (Wildman–Crippen LogP) is 1.71. The van der Waals surface area contributed by atoms with E-state index in [1.54, 1.807) is 11.1 Å². The number of piperazine rings is 1. The molecule has 1 aliphatic rings. The summed E-state index contributed by atoms with van der Waals surface area (Å²) in [6, 6.07) is 0.0598. The summed E-state index contributed by atoms with van der Waals surface area (Å²) in [5.74, 6) is 0.149. The molecule has 1 aliphatic heterocycles. The Kier molecular flexibility index (Phi) is 5.26. The van der Waals surface area contributed by atoms with E-state index in [9.17, 15) is 9.59 Å². The Hall–Kier alpha value is -2.38. The minimum Gasteiger partial charge on any atom is -0.464 e. The molecule has 1 fully saturated rings. The molecular formula is C16H24N4O4. The SMILES string of the molecule is COC(=O)c1cnc(N2CCN(C(=O)OC(C)(C)C)C[C@H]2C)cn1. The molecule has 132 valence electrons. The number of methoxy groups -OCH3 is 1. The highest BCUT2D eigenvalue weighted by Crippen LogP contribution is 2.19. The van der Waals surface area contributed by atoms with Crippen LogP contribution in [0.5, 0.6) is 0 Å². The zero-order valence-corrected chi connectivity index (χ0v) is 14.8. The molecule has 1 saturated heterocycles. The molecule has 0 spiro atoms. The molecule has 0 radical (unpaired) electrons. The van der Waals surface area contributed by atoms with E-state index in [0.717, 1.165) is 0 Å². The Morgan fingerprint density at radius 1 is 1.21 bits per heavy atom. The number of ether oxygens (including phenoxy) is 2. The lowest BCUT2D eigenvalue weighted by Gasteiger charge is -2.40. The van der Waals surface area contributed by atoms with Crippen LogP contribution < -0.4 is 4.90 Å². The molecule has 1 atom stereocenters. The van der Waals surface area contributed by atoms with Gasteiger partial charge in [-0.1, -0.05) is 0 Å². The van der Waals surface area contributed by atoms with Gasteiger partial charge in [0.25, 0.3) is 0 Å². The van der Waals surface area contributed by atoms with Gasteiger partial charge in [-0.2, -0.15) is 0 Å². The number of rotatable bonds is 2. The van der Waals surface area contributed by atoms with Gasteiger partial charge in [-0.25, -0.2) is 19.6 Å². The lowest BCUT2D eigenvalue weighted by atomic mass is 10.2. The van der Waals surface area contributed by atoms with E-state index in [4.69, 9.17) is 4.74 Å². The molecule has 0 aliphatic carbocycles. The second-order valence-electron chi connectivity index (χ2n) is 6.72. The van der Waals surface area contributed by atoms with Crippen molar-refractivity contribution in [2.24, 2.45) is 0 Å². The quantitative estimate of drug-likeness (QED) is 0.760. The molecule has 8 heteroatoms. The van der Waals surface area contributed by atoms with Gasteiger partial charge in [-0.15, -0.1) is 0 Å². The third-order valence-corrected chi connectivity index (χ3v) is 3.61. The van der Waals surface area contributed by atoms with Crippen LogP contribution in [0.2, 0.25) is 0 Å². The summed E-state index contributed by atoms with van der Waals surface area (Å²) in [5, 5.41) is 0. The van der Waals surface area contributed by atoms with Crippen molar-refractivity contribution >= 4 is 17.9 Å². The van der Waals surface area contributed by atoms with E-state index in [0.29, 0.717) is 25.5 Å². The Morgan fingerprint density at radius 2 is 1.92 bits per heavy atom.